The van der Waals surface area contributed by atoms with Gasteiger partial charge in [0.2, 0.25) is 5.91 Å². The maximum atomic E-state index is 12.6. The van der Waals surface area contributed by atoms with E-state index in [4.69, 9.17) is 9.97 Å². The van der Waals surface area contributed by atoms with Gasteiger partial charge in [0.15, 0.2) is 11.5 Å². The number of aliphatic hydroxyl groups is 1. The van der Waals surface area contributed by atoms with E-state index in [1.54, 1.807) is 17.1 Å². The minimum absolute atomic E-state index is 0.0710. The molecule has 1 saturated heterocycles. The highest BCUT2D eigenvalue weighted by atomic mass is 32.1. The Labute approximate surface area is 243 Å². The first-order valence-corrected chi connectivity index (χ1v) is 14.7. The van der Waals surface area contributed by atoms with E-state index >= 15 is 0 Å². The largest absolute Gasteiger partial charge is 0.392 e. The van der Waals surface area contributed by atoms with E-state index < -0.39 is 0 Å². The van der Waals surface area contributed by atoms with Crippen molar-refractivity contribution in [2.75, 3.05) is 36.8 Å². The van der Waals surface area contributed by atoms with E-state index in [1.165, 1.54) is 24.4 Å². The van der Waals surface area contributed by atoms with Crippen molar-refractivity contribution in [1.82, 2.24) is 34.1 Å². The van der Waals surface area contributed by atoms with Gasteiger partial charge in [0.25, 0.3) is 0 Å². The second-order valence-corrected chi connectivity index (χ2v) is 11.7. The van der Waals surface area contributed by atoms with Crippen LogP contribution in [-0.2, 0) is 17.9 Å². The summed E-state index contributed by atoms with van der Waals surface area (Å²) in [6, 6.07) is 9.30. The van der Waals surface area contributed by atoms with Gasteiger partial charge in [-0.1, -0.05) is 19.1 Å². The minimum atomic E-state index is -0.159. The molecular formula is C29H35N9O2S. The third kappa shape index (κ3) is 6.41. The molecule has 11 nitrogen and oxygen atoms in total. The van der Waals surface area contributed by atoms with Gasteiger partial charge in [-0.3, -0.25) is 14.1 Å². The maximum absolute atomic E-state index is 12.6. The fourth-order valence-corrected chi connectivity index (χ4v) is 6.14. The van der Waals surface area contributed by atoms with Crippen LogP contribution in [-0.4, -0.2) is 65.8 Å². The lowest BCUT2D eigenvalue weighted by Crippen LogP contribution is -2.36. The third-order valence-electron chi connectivity index (χ3n) is 7.36. The number of likely N-dealkylation sites (tertiary alicyclic amines) is 1. The molecular weight excluding hydrogens is 538 g/mol. The number of imidazole rings is 1. The number of carbonyl (C=O) groups is 1. The smallest absolute Gasteiger partial charge is 0.245 e. The number of benzene rings is 1. The summed E-state index contributed by atoms with van der Waals surface area (Å²) < 4.78 is 6.73. The molecule has 41 heavy (non-hydrogen) atoms. The highest BCUT2D eigenvalue weighted by molar-refractivity contribution is 7.10. The van der Waals surface area contributed by atoms with Crippen molar-refractivity contribution >= 4 is 45.2 Å². The SMILES string of the molecule is Cc1cn2c(C3=CN(CC(=O)Nc4cccc(CO)c4)NC3)cnc2c(Nc2cc(CN3CCCC(C)C3)ns2)n1. The maximum Gasteiger partial charge on any atom is 0.245 e. The fraction of sp³-hybridized carbons (Fsp3) is 0.379. The van der Waals surface area contributed by atoms with Crippen LogP contribution in [0.3, 0.4) is 0 Å². The molecule has 0 radical (unpaired) electrons. The van der Waals surface area contributed by atoms with Gasteiger partial charge in [-0.05, 0) is 67.5 Å². The molecule has 4 aromatic rings. The van der Waals surface area contributed by atoms with Gasteiger partial charge in [0.05, 0.1) is 29.9 Å². The first-order chi connectivity index (χ1) is 19.9. The number of nitrogens with one attached hydrogen (secondary N) is 3. The minimum Gasteiger partial charge on any atom is -0.392 e. The molecule has 0 aliphatic carbocycles. The van der Waals surface area contributed by atoms with Gasteiger partial charge in [-0.15, -0.1) is 0 Å². The van der Waals surface area contributed by atoms with Crippen molar-refractivity contribution in [2.24, 2.45) is 5.92 Å². The van der Waals surface area contributed by atoms with Crippen LogP contribution < -0.4 is 16.1 Å². The first-order valence-electron chi connectivity index (χ1n) is 13.9. The molecule has 12 heteroatoms. The molecule has 214 valence electrons. The van der Waals surface area contributed by atoms with Crippen molar-refractivity contribution in [1.29, 1.82) is 0 Å². The number of aromatic nitrogens is 4. The van der Waals surface area contributed by atoms with Gasteiger partial charge in [-0.25, -0.2) is 15.4 Å². The zero-order valence-corrected chi connectivity index (χ0v) is 24.1. The molecule has 3 aromatic heterocycles. The number of fused-ring (bicyclic) bond motifs is 1. The van der Waals surface area contributed by atoms with Crippen LogP contribution in [0.25, 0.3) is 11.2 Å². The van der Waals surface area contributed by atoms with Crippen molar-refractivity contribution < 1.29 is 9.90 Å². The standard InChI is InChI=1S/C29H35N9O2S/c1-19-5-4-8-36(13-19)16-24-10-27(41-35-24)34-28-29-30-12-25(38(29)14-20(2)32-28)22-11-31-37(15-22)17-26(40)33-23-7-3-6-21(9-23)18-39/h3,6-7,9-10,12,14-15,19,31,39H,4-5,8,11,13,16-18H2,1-2H3,(H,32,34)(H,33,40). The van der Waals surface area contributed by atoms with Crippen molar-refractivity contribution in [3.63, 3.8) is 0 Å². The second kappa shape index (κ2) is 12.0. The summed E-state index contributed by atoms with van der Waals surface area (Å²) in [4.78, 5) is 24.6. The van der Waals surface area contributed by atoms with Crippen molar-refractivity contribution in [3.05, 3.63) is 71.6 Å². The fourth-order valence-electron chi connectivity index (χ4n) is 5.48. The molecule has 2 aliphatic heterocycles. The molecule has 4 N–H and O–H groups in total. The van der Waals surface area contributed by atoms with Crippen LogP contribution in [0.5, 0.6) is 0 Å². The molecule has 1 unspecified atom stereocenters. The van der Waals surface area contributed by atoms with E-state index in [-0.39, 0.29) is 19.1 Å². The average molecular weight is 574 g/mol. The second-order valence-electron chi connectivity index (χ2n) is 10.9. The number of hydrogen-bond acceptors (Lipinski definition) is 10. The number of anilines is 3. The van der Waals surface area contributed by atoms with E-state index in [0.29, 0.717) is 18.1 Å². The van der Waals surface area contributed by atoms with E-state index in [2.05, 4.69) is 38.3 Å². The van der Waals surface area contributed by atoms with Crippen LogP contribution >= 0.6 is 11.5 Å². The quantitative estimate of drug-likeness (QED) is 0.237. The summed E-state index contributed by atoms with van der Waals surface area (Å²) >= 11 is 1.45. The Bertz CT molecular complexity index is 1580. The summed E-state index contributed by atoms with van der Waals surface area (Å²) in [7, 11) is 0. The number of nitrogens with zero attached hydrogens (tertiary/aromatic N) is 6. The van der Waals surface area contributed by atoms with E-state index in [1.807, 2.05) is 42.1 Å². The van der Waals surface area contributed by atoms with E-state index in [9.17, 15) is 9.90 Å². The van der Waals surface area contributed by atoms with Crippen LogP contribution in [0.1, 0.15) is 42.4 Å². The lowest BCUT2D eigenvalue weighted by molar-refractivity contribution is -0.117. The zero-order chi connectivity index (χ0) is 28.3. The molecule has 1 amide bonds. The summed E-state index contributed by atoms with van der Waals surface area (Å²) in [5, 5.41) is 18.4. The predicted molar refractivity (Wildman–Crippen MR) is 160 cm³/mol. The first kappa shape index (κ1) is 27.3. The molecule has 1 aromatic carbocycles. The van der Waals surface area contributed by atoms with Gasteiger partial charge < -0.3 is 20.7 Å². The molecule has 1 fully saturated rings. The lowest BCUT2D eigenvalue weighted by Gasteiger charge is -2.30. The summed E-state index contributed by atoms with van der Waals surface area (Å²) in [6.45, 7) is 8.05. The summed E-state index contributed by atoms with van der Waals surface area (Å²) in [6.07, 6.45) is 8.31. The average Bonchev–Trinajstić information content (AvgIpc) is 3.69. The third-order valence-corrected chi connectivity index (χ3v) is 8.10. The Morgan fingerprint density at radius 3 is 3.05 bits per heavy atom. The number of amides is 1. The lowest BCUT2D eigenvalue weighted by atomic mass is 10.0. The van der Waals surface area contributed by atoms with E-state index in [0.717, 1.165) is 64.4 Å². The normalized spacial score (nSPS) is 17.7. The van der Waals surface area contributed by atoms with Gasteiger partial charge in [-0.2, -0.15) is 4.37 Å². The van der Waals surface area contributed by atoms with Crippen molar-refractivity contribution in [3.8, 4) is 0 Å². The molecule has 2 aliphatic rings. The Kier molecular flexibility index (Phi) is 7.97. The van der Waals surface area contributed by atoms with Gasteiger partial charge in [0, 0.05) is 43.3 Å². The van der Waals surface area contributed by atoms with Gasteiger partial charge >= 0.3 is 0 Å². The summed E-state index contributed by atoms with van der Waals surface area (Å²) in [5.74, 6) is 1.27. The highest BCUT2D eigenvalue weighted by Gasteiger charge is 2.21. The Hall–Kier alpha value is -3.84. The molecule has 0 spiro atoms. The predicted octanol–water partition coefficient (Wildman–Crippen LogP) is 3.76. The number of hydrogen-bond donors (Lipinski definition) is 4. The summed E-state index contributed by atoms with van der Waals surface area (Å²) in [5.41, 5.74) is 9.28. The number of hydrazine groups is 1. The Morgan fingerprint density at radius 1 is 1.29 bits per heavy atom. The highest BCUT2D eigenvalue weighted by Crippen LogP contribution is 2.28. The monoisotopic (exact) mass is 573 g/mol. The topological polar surface area (TPSA) is 123 Å². The van der Waals surface area contributed by atoms with Crippen LogP contribution in [0, 0.1) is 12.8 Å². The van der Waals surface area contributed by atoms with Gasteiger partial charge in [0.1, 0.15) is 11.5 Å². The molecule has 6 rings (SSSR count). The number of aryl methyl sites for hydroxylation is 1. The van der Waals surface area contributed by atoms with Crippen molar-refractivity contribution in [2.45, 2.75) is 39.8 Å². The molecule has 5 heterocycles. The Balaban J connectivity index is 1.14. The number of rotatable bonds is 9. The molecule has 0 bridgehead atoms. The Morgan fingerprint density at radius 2 is 2.20 bits per heavy atom. The number of piperidine rings is 1. The zero-order valence-electron chi connectivity index (χ0n) is 23.3. The number of aliphatic hydroxyl groups excluding tert-OH is 1. The van der Waals surface area contributed by atoms with Crippen LogP contribution in [0.15, 0.2) is 48.9 Å². The molecule has 1 atom stereocenters. The van der Waals surface area contributed by atoms with Crippen LogP contribution in [0.2, 0.25) is 0 Å². The number of carbonyl (C=O) groups excluding carboxylic acids is 1. The van der Waals surface area contributed by atoms with Crippen LogP contribution in [0.4, 0.5) is 16.5 Å². The molecule has 0 saturated carbocycles.